The zero-order valence-corrected chi connectivity index (χ0v) is 19.0. The Morgan fingerprint density at radius 3 is 2.59 bits per heavy atom. The van der Waals surface area contributed by atoms with Crippen LogP contribution >= 0.6 is 11.6 Å². The molecule has 0 saturated heterocycles. The highest BCUT2D eigenvalue weighted by Crippen LogP contribution is 2.24. The first-order valence-corrected chi connectivity index (χ1v) is 11.1. The molecule has 0 bridgehead atoms. The molecule has 1 unspecified atom stereocenters. The van der Waals surface area contributed by atoms with E-state index in [1.165, 1.54) is 0 Å². The van der Waals surface area contributed by atoms with Crippen LogP contribution in [0.4, 0.5) is 0 Å². The molecule has 1 aromatic heterocycles. The van der Waals surface area contributed by atoms with Gasteiger partial charge in [-0.05, 0) is 56.2 Å². The van der Waals surface area contributed by atoms with E-state index in [9.17, 15) is 4.79 Å². The van der Waals surface area contributed by atoms with Crippen LogP contribution in [-0.4, -0.2) is 22.1 Å². The number of rotatable bonds is 8. The van der Waals surface area contributed by atoms with Crippen LogP contribution < -0.4 is 10.1 Å². The number of ether oxygens (including phenoxy) is 1. The zero-order chi connectivity index (χ0) is 22.5. The number of carbonyl (C=O) groups excluding carboxylic acids is 1. The highest BCUT2D eigenvalue weighted by Gasteiger charge is 2.19. The molecule has 1 amide bonds. The van der Waals surface area contributed by atoms with Gasteiger partial charge in [-0.3, -0.25) is 4.79 Å². The van der Waals surface area contributed by atoms with E-state index < -0.39 is 0 Å². The van der Waals surface area contributed by atoms with Crippen LogP contribution in [0.2, 0.25) is 5.02 Å². The Morgan fingerprint density at radius 2 is 1.78 bits per heavy atom. The molecule has 0 aliphatic carbocycles. The number of nitrogens with one attached hydrogen (secondary N) is 1. The van der Waals surface area contributed by atoms with E-state index in [0.29, 0.717) is 29.5 Å². The lowest BCUT2D eigenvalue weighted by Crippen LogP contribution is -2.29. The molecule has 0 spiro atoms. The molecule has 0 saturated carbocycles. The van der Waals surface area contributed by atoms with Crippen LogP contribution in [0.25, 0.3) is 11.0 Å². The van der Waals surface area contributed by atoms with Gasteiger partial charge in [0.05, 0.1) is 28.7 Å². The van der Waals surface area contributed by atoms with Gasteiger partial charge in [0, 0.05) is 12.1 Å². The first-order chi connectivity index (χ1) is 15.5. The molecule has 164 valence electrons. The van der Waals surface area contributed by atoms with E-state index in [1.807, 2.05) is 80.6 Å². The quantitative estimate of drug-likeness (QED) is 0.339. The Balaban J connectivity index is 1.50. The number of para-hydroxylation sites is 3. The summed E-state index contributed by atoms with van der Waals surface area (Å²) in [4.78, 5) is 17.7. The fraction of sp³-hybridized carbons (Fsp3) is 0.231. The molecule has 6 heteroatoms. The number of fused-ring (bicyclic) bond motifs is 1. The minimum absolute atomic E-state index is 0.101. The number of halogens is 1. The van der Waals surface area contributed by atoms with Gasteiger partial charge in [-0.2, -0.15) is 0 Å². The van der Waals surface area contributed by atoms with Gasteiger partial charge >= 0.3 is 0 Å². The van der Waals surface area contributed by atoms with E-state index >= 15 is 0 Å². The first-order valence-electron chi connectivity index (χ1n) is 10.7. The van der Waals surface area contributed by atoms with Gasteiger partial charge in [0.15, 0.2) is 0 Å². The number of imidazole rings is 1. The Labute approximate surface area is 193 Å². The summed E-state index contributed by atoms with van der Waals surface area (Å²) in [6, 6.07) is 22.8. The molecule has 0 fully saturated rings. The summed E-state index contributed by atoms with van der Waals surface area (Å²) in [7, 11) is 0. The van der Waals surface area contributed by atoms with Gasteiger partial charge in [0.1, 0.15) is 11.6 Å². The lowest BCUT2D eigenvalue weighted by Gasteiger charge is -2.17. The normalized spacial score (nSPS) is 12.0. The topological polar surface area (TPSA) is 56.2 Å². The Kier molecular flexibility index (Phi) is 6.76. The molecule has 32 heavy (non-hydrogen) atoms. The first kappa shape index (κ1) is 21.9. The van der Waals surface area contributed by atoms with E-state index in [2.05, 4.69) is 16.0 Å². The molecule has 5 nitrogen and oxygen atoms in total. The van der Waals surface area contributed by atoms with Crippen LogP contribution in [-0.2, 0) is 6.54 Å². The monoisotopic (exact) mass is 447 g/mol. The Bertz CT molecular complexity index is 1230. The predicted molar refractivity (Wildman–Crippen MR) is 128 cm³/mol. The molecule has 0 aliphatic rings. The standard InChI is InChI=1S/C26H26ClN3O2/c1-18-10-3-4-11-20(18)26(31)28-19(2)25-29-22-13-6-7-14-23(22)30(25)16-9-17-32-24-15-8-5-12-21(24)27/h3-8,10-15,19H,9,16-17H2,1-2H3,(H,28,31). The summed E-state index contributed by atoms with van der Waals surface area (Å²) in [5.74, 6) is 1.41. The summed E-state index contributed by atoms with van der Waals surface area (Å²) in [5.41, 5.74) is 3.57. The van der Waals surface area contributed by atoms with Crippen molar-refractivity contribution in [2.24, 2.45) is 0 Å². The van der Waals surface area contributed by atoms with Crippen molar-refractivity contribution in [2.75, 3.05) is 6.61 Å². The molecule has 4 rings (SSSR count). The maximum atomic E-state index is 12.8. The highest BCUT2D eigenvalue weighted by molar-refractivity contribution is 6.32. The Hall–Kier alpha value is -3.31. The van der Waals surface area contributed by atoms with Gasteiger partial charge < -0.3 is 14.6 Å². The summed E-state index contributed by atoms with van der Waals surface area (Å²) < 4.78 is 8.01. The number of hydrogen-bond donors (Lipinski definition) is 1. The lowest BCUT2D eigenvalue weighted by molar-refractivity contribution is 0.0937. The van der Waals surface area contributed by atoms with Crippen molar-refractivity contribution in [2.45, 2.75) is 32.9 Å². The maximum absolute atomic E-state index is 12.8. The molecule has 1 heterocycles. The van der Waals surface area contributed by atoms with Crippen molar-refractivity contribution in [1.82, 2.24) is 14.9 Å². The van der Waals surface area contributed by atoms with Crippen LogP contribution in [0.5, 0.6) is 5.75 Å². The van der Waals surface area contributed by atoms with E-state index in [4.69, 9.17) is 21.3 Å². The minimum Gasteiger partial charge on any atom is -0.492 e. The lowest BCUT2D eigenvalue weighted by atomic mass is 10.1. The van der Waals surface area contributed by atoms with Gasteiger partial charge in [-0.15, -0.1) is 0 Å². The molecular weight excluding hydrogens is 422 g/mol. The average molecular weight is 448 g/mol. The van der Waals surface area contributed by atoms with Gasteiger partial charge in [0.25, 0.3) is 5.91 Å². The van der Waals surface area contributed by atoms with Crippen molar-refractivity contribution >= 4 is 28.5 Å². The number of amides is 1. The largest absolute Gasteiger partial charge is 0.492 e. The number of hydrogen-bond acceptors (Lipinski definition) is 3. The van der Waals surface area contributed by atoms with Gasteiger partial charge in [0.2, 0.25) is 0 Å². The molecule has 0 aliphatic heterocycles. The van der Waals surface area contributed by atoms with Crippen molar-refractivity contribution in [3.8, 4) is 5.75 Å². The second kappa shape index (κ2) is 9.88. The van der Waals surface area contributed by atoms with Crippen LogP contribution in [0.15, 0.2) is 72.8 Å². The third-order valence-electron chi connectivity index (χ3n) is 5.43. The fourth-order valence-corrected chi connectivity index (χ4v) is 3.98. The molecule has 3 aromatic carbocycles. The number of carbonyl (C=O) groups is 1. The smallest absolute Gasteiger partial charge is 0.252 e. The van der Waals surface area contributed by atoms with E-state index in [0.717, 1.165) is 28.8 Å². The molecule has 1 N–H and O–H groups in total. The molecule has 1 atom stereocenters. The van der Waals surface area contributed by atoms with Gasteiger partial charge in [-0.25, -0.2) is 4.98 Å². The number of aryl methyl sites for hydroxylation is 2. The number of aromatic nitrogens is 2. The van der Waals surface area contributed by atoms with Crippen molar-refractivity contribution in [3.63, 3.8) is 0 Å². The maximum Gasteiger partial charge on any atom is 0.252 e. The van der Waals surface area contributed by atoms with Crippen LogP contribution in [0, 0.1) is 6.92 Å². The highest BCUT2D eigenvalue weighted by atomic mass is 35.5. The summed E-state index contributed by atoms with van der Waals surface area (Å²) in [5, 5.41) is 3.71. The molecular formula is C26H26ClN3O2. The van der Waals surface area contributed by atoms with Crippen LogP contribution in [0.1, 0.15) is 41.1 Å². The third kappa shape index (κ3) is 4.78. The minimum atomic E-state index is -0.251. The fourth-order valence-electron chi connectivity index (χ4n) is 3.79. The van der Waals surface area contributed by atoms with Crippen molar-refractivity contribution < 1.29 is 9.53 Å². The SMILES string of the molecule is Cc1ccccc1C(=O)NC(C)c1nc2ccccc2n1CCCOc1ccccc1Cl. The summed E-state index contributed by atoms with van der Waals surface area (Å²) >= 11 is 6.18. The summed E-state index contributed by atoms with van der Waals surface area (Å²) in [6.07, 6.45) is 0.775. The second-order valence-corrected chi connectivity index (χ2v) is 8.16. The van der Waals surface area contributed by atoms with Gasteiger partial charge in [-0.1, -0.05) is 54.1 Å². The third-order valence-corrected chi connectivity index (χ3v) is 5.74. The molecule has 4 aromatic rings. The van der Waals surface area contributed by atoms with Crippen molar-refractivity contribution in [1.29, 1.82) is 0 Å². The van der Waals surface area contributed by atoms with Crippen LogP contribution in [0.3, 0.4) is 0 Å². The van der Waals surface area contributed by atoms with Crippen molar-refractivity contribution in [3.05, 3.63) is 94.8 Å². The number of benzene rings is 3. The number of nitrogens with zero attached hydrogens (tertiary/aromatic N) is 2. The van der Waals surface area contributed by atoms with E-state index in [1.54, 1.807) is 0 Å². The predicted octanol–water partition coefficient (Wildman–Crippen LogP) is 5.96. The second-order valence-electron chi connectivity index (χ2n) is 7.75. The zero-order valence-electron chi connectivity index (χ0n) is 18.2. The average Bonchev–Trinajstić information content (AvgIpc) is 3.17. The summed E-state index contributed by atoms with van der Waals surface area (Å²) in [6.45, 7) is 5.15. The van der Waals surface area contributed by atoms with E-state index in [-0.39, 0.29) is 11.9 Å². The molecule has 0 radical (unpaired) electrons. The Morgan fingerprint density at radius 1 is 1.06 bits per heavy atom.